The summed E-state index contributed by atoms with van der Waals surface area (Å²) in [4.78, 5) is 16.0. The first-order valence-electron chi connectivity index (χ1n) is 7.46. The molecular formula is C16H17N3O3S2. The Bertz CT molecular complexity index is 870. The second-order valence-electron chi connectivity index (χ2n) is 5.45. The average molecular weight is 363 g/mol. The predicted molar refractivity (Wildman–Crippen MR) is 96.7 cm³/mol. The van der Waals surface area contributed by atoms with Gasteiger partial charge >= 0.3 is 0 Å². The molecule has 1 aromatic heterocycles. The molecular weight excluding hydrogens is 346 g/mol. The molecule has 8 heteroatoms. The van der Waals surface area contributed by atoms with Crippen molar-refractivity contribution in [3.05, 3.63) is 47.0 Å². The van der Waals surface area contributed by atoms with Gasteiger partial charge in [-0.2, -0.15) is 0 Å². The zero-order valence-electron chi connectivity index (χ0n) is 13.1. The number of aryl methyl sites for hydroxylation is 1. The summed E-state index contributed by atoms with van der Waals surface area (Å²) in [6, 6.07) is 7.09. The number of nitrogens with one attached hydrogen (secondary N) is 1. The number of carbonyl (C=O) groups excluding carboxylic acids is 1. The van der Waals surface area contributed by atoms with Crippen LogP contribution in [-0.2, 0) is 14.8 Å². The van der Waals surface area contributed by atoms with Crippen LogP contribution in [0.5, 0.6) is 0 Å². The Morgan fingerprint density at radius 3 is 2.67 bits per heavy atom. The molecule has 6 nitrogen and oxygen atoms in total. The molecule has 1 aliphatic rings. The molecule has 24 heavy (non-hydrogen) atoms. The molecule has 0 spiro atoms. The van der Waals surface area contributed by atoms with Crippen LogP contribution in [-0.4, -0.2) is 31.6 Å². The molecule has 1 amide bonds. The van der Waals surface area contributed by atoms with Crippen molar-refractivity contribution in [2.45, 2.75) is 13.3 Å². The van der Waals surface area contributed by atoms with Crippen LogP contribution in [0.3, 0.4) is 0 Å². The van der Waals surface area contributed by atoms with Crippen LogP contribution in [0, 0.1) is 6.92 Å². The van der Waals surface area contributed by atoms with E-state index >= 15 is 0 Å². The monoisotopic (exact) mass is 363 g/mol. The molecule has 0 atom stereocenters. The first-order chi connectivity index (χ1) is 11.4. The van der Waals surface area contributed by atoms with Gasteiger partial charge < -0.3 is 0 Å². The maximum Gasteiger partial charge on any atom is 0.250 e. The van der Waals surface area contributed by atoms with E-state index in [0.29, 0.717) is 23.8 Å². The molecule has 126 valence electrons. The van der Waals surface area contributed by atoms with Crippen LogP contribution in [0.4, 0.5) is 10.8 Å². The van der Waals surface area contributed by atoms with E-state index in [2.05, 4.69) is 10.3 Å². The quantitative estimate of drug-likeness (QED) is 0.847. The molecule has 2 aromatic rings. The number of anilines is 2. The van der Waals surface area contributed by atoms with Crippen molar-refractivity contribution >= 4 is 44.2 Å². The molecule has 1 aromatic carbocycles. The molecule has 2 heterocycles. The Morgan fingerprint density at radius 2 is 2.08 bits per heavy atom. The first kappa shape index (κ1) is 16.7. The number of hydrogen-bond donors (Lipinski definition) is 1. The summed E-state index contributed by atoms with van der Waals surface area (Å²) in [5, 5.41) is 5.13. The van der Waals surface area contributed by atoms with Crippen molar-refractivity contribution in [2.24, 2.45) is 0 Å². The van der Waals surface area contributed by atoms with Crippen molar-refractivity contribution in [3.63, 3.8) is 0 Å². The zero-order valence-corrected chi connectivity index (χ0v) is 14.7. The number of sulfonamides is 1. The molecule has 0 radical (unpaired) electrons. The normalized spacial score (nSPS) is 16.6. The Kier molecular flexibility index (Phi) is 4.68. The molecule has 0 saturated carbocycles. The number of benzene rings is 1. The van der Waals surface area contributed by atoms with E-state index in [4.69, 9.17) is 0 Å². The van der Waals surface area contributed by atoms with Gasteiger partial charge in [0.2, 0.25) is 15.9 Å². The van der Waals surface area contributed by atoms with E-state index in [1.165, 1.54) is 21.7 Å². The van der Waals surface area contributed by atoms with E-state index in [-0.39, 0.29) is 11.7 Å². The van der Waals surface area contributed by atoms with Gasteiger partial charge in [0.05, 0.1) is 17.1 Å². The summed E-state index contributed by atoms with van der Waals surface area (Å²) in [5.41, 5.74) is 2.35. The maximum atomic E-state index is 11.9. The van der Waals surface area contributed by atoms with E-state index in [9.17, 15) is 13.2 Å². The zero-order chi connectivity index (χ0) is 17.2. The number of thiazole rings is 1. The number of rotatable bonds is 4. The van der Waals surface area contributed by atoms with Crippen LogP contribution in [0.15, 0.2) is 35.7 Å². The summed E-state index contributed by atoms with van der Waals surface area (Å²) < 4.78 is 25.2. The van der Waals surface area contributed by atoms with Gasteiger partial charge in [0.25, 0.3) is 0 Å². The predicted octanol–water partition coefficient (Wildman–Crippen LogP) is 2.64. The summed E-state index contributed by atoms with van der Waals surface area (Å²) in [7, 11) is -3.17. The second-order valence-corrected chi connectivity index (χ2v) is 8.32. The number of nitrogens with zero attached hydrogens (tertiary/aromatic N) is 2. The highest BCUT2D eigenvalue weighted by atomic mass is 32.2. The standard InChI is InChI=1S/C16H17N3O3S2/c1-12-11-23-16(17-12)18-15(20)8-5-13-3-6-14(7-4-13)19-9-2-10-24(19,21)22/h3-8,11H,2,9-10H2,1H3,(H,17,18,20)/b8-5+. The molecule has 1 aliphatic heterocycles. The van der Waals surface area contributed by atoms with E-state index in [0.717, 1.165) is 11.3 Å². The fraction of sp³-hybridized carbons (Fsp3) is 0.250. The van der Waals surface area contributed by atoms with E-state index < -0.39 is 10.0 Å². The molecule has 3 rings (SSSR count). The van der Waals surface area contributed by atoms with Gasteiger partial charge in [-0.1, -0.05) is 12.1 Å². The van der Waals surface area contributed by atoms with Crippen LogP contribution < -0.4 is 9.62 Å². The minimum absolute atomic E-state index is 0.199. The van der Waals surface area contributed by atoms with Gasteiger partial charge in [-0.05, 0) is 37.1 Å². The van der Waals surface area contributed by atoms with Gasteiger partial charge in [0.15, 0.2) is 5.13 Å². The topological polar surface area (TPSA) is 79.4 Å². The highest BCUT2D eigenvalue weighted by Crippen LogP contribution is 2.24. The van der Waals surface area contributed by atoms with E-state index in [1.807, 2.05) is 12.3 Å². The van der Waals surface area contributed by atoms with Gasteiger partial charge in [0.1, 0.15) is 0 Å². The second kappa shape index (κ2) is 6.74. The summed E-state index contributed by atoms with van der Waals surface area (Å²) in [5.74, 6) is -0.0547. The molecule has 1 saturated heterocycles. The number of amides is 1. The number of carbonyl (C=O) groups is 1. The Hall–Kier alpha value is -2.19. The van der Waals surface area contributed by atoms with Crippen molar-refractivity contribution in [1.29, 1.82) is 0 Å². The highest BCUT2D eigenvalue weighted by molar-refractivity contribution is 7.93. The first-order valence-corrected chi connectivity index (χ1v) is 9.95. The number of aromatic nitrogens is 1. The summed E-state index contributed by atoms with van der Waals surface area (Å²) >= 11 is 1.38. The van der Waals surface area contributed by atoms with Crippen molar-refractivity contribution < 1.29 is 13.2 Å². The van der Waals surface area contributed by atoms with Gasteiger partial charge in [-0.25, -0.2) is 13.4 Å². The SMILES string of the molecule is Cc1csc(NC(=O)/C=C/c2ccc(N3CCCS3(=O)=O)cc2)n1. The smallest absolute Gasteiger partial charge is 0.250 e. The molecule has 0 unspecified atom stereocenters. The summed E-state index contributed by atoms with van der Waals surface area (Å²) in [6.45, 7) is 2.39. The molecule has 1 N–H and O–H groups in total. The fourth-order valence-electron chi connectivity index (χ4n) is 2.41. The lowest BCUT2D eigenvalue weighted by atomic mass is 10.2. The number of hydrogen-bond acceptors (Lipinski definition) is 5. The lowest BCUT2D eigenvalue weighted by molar-refractivity contribution is -0.111. The third-order valence-corrected chi connectivity index (χ3v) is 6.30. The lowest BCUT2D eigenvalue weighted by Gasteiger charge is -2.16. The minimum Gasteiger partial charge on any atom is -0.298 e. The lowest BCUT2D eigenvalue weighted by Crippen LogP contribution is -2.24. The van der Waals surface area contributed by atoms with Gasteiger partial charge in [-0.15, -0.1) is 11.3 Å². The van der Waals surface area contributed by atoms with Crippen LogP contribution in [0.1, 0.15) is 17.7 Å². The molecule has 0 bridgehead atoms. The third kappa shape index (κ3) is 3.82. The Labute approximate surface area is 144 Å². The van der Waals surface area contributed by atoms with Gasteiger partial charge in [-0.3, -0.25) is 14.4 Å². The van der Waals surface area contributed by atoms with Crippen molar-refractivity contribution in [2.75, 3.05) is 21.9 Å². The van der Waals surface area contributed by atoms with Crippen LogP contribution >= 0.6 is 11.3 Å². The Balaban J connectivity index is 1.64. The Morgan fingerprint density at radius 1 is 1.33 bits per heavy atom. The molecule has 1 fully saturated rings. The third-order valence-electron chi connectivity index (χ3n) is 3.56. The van der Waals surface area contributed by atoms with Gasteiger partial charge in [0, 0.05) is 18.0 Å². The van der Waals surface area contributed by atoms with Crippen molar-refractivity contribution in [1.82, 2.24) is 4.98 Å². The largest absolute Gasteiger partial charge is 0.298 e. The fourth-order valence-corrected chi connectivity index (χ4v) is 4.67. The van der Waals surface area contributed by atoms with Crippen LogP contribution in [0.25, 0.3) is 6.08 Å². The maximum absolute atomic E-state index is 11.9. The van der Waals surface area contributed by atoms with E-state index in [1.54, 1.807) is 30.3 Å². The van der Waals surface area contributed by atoms with Crippen molar-refractivity contribution in [3.8, 4) is 0 Å². The average Bonchev–Trinajstić information content (AvgIpc) is 3.10. The molecule has 0 aliphatic carbocycles. The minimum atomic E-state index is -3.17. The highest BCUT2D eigenvalue weighted by Gasteiger charge is 2.28. The van der Waals surface area contributed by atoms with Crippen LogP contribution in [0.2, 0.25) is 0 Å². The summed E-state index contributed by atoms with van der Waals surface area (Å²) in [6.07, 6.45) is 3.76.